The van der Waals surface area contributed by atoms with Crippen molar-refractivity contribution < 1.29 is 4.79 Å². The zero-order valence-corrected chi connectivity index (χ0v) is 14.1. The van der Waals surface area contributed by atoms with Crippen molar-refractivity contribution in [3.63, 3.8) is 0 Å². The van der Waals surface area contributed by atoms with E-state index >= 15 is 0 Å². The third-order valence-electron chi connectivity index (χ3n) is 4.20. The van der Waals surface area contributed by atoms with Gasteiger partial charge in [-0.3, -0.25) is 9.78 Å². The average molecular weight is 299 g/mol. The van der Waals surface area contributed by atoms with Crippen LogP contribution >= 0.6 is 0 Å². The summed E-state index contributed by atoms with van der Waals surface area (Å²) in [7, 11) is 0. The third-order valence-corrected chi connectivity index (χ3v) is 4.20. The number of rotatable bonds is 5. The fourth-order valence-electron chi connectivity index (χ4n) is 2.39. The van der Waals surface area contributed by atoms with Crippen LogP contribution in [0.2, 0.25) is 0 Å². The number of nitrogens with one attached hydrogen (secondary N) is 1. The van der Waals surface area contributed by atoms with E-state index in [4.69, 9.17) is 0 Å². The number of hydrogen-bond donors (Lipinski definition) is 1. The monoisotopic (exact) mass is 299 g/mol. The van der Waals surface area contributed by atoms with Crippen LogP contribution in [0, 0.1) is 13.8 Å². The Morgan fingerprint density at radius 1 is 1.32 bits per heavy atom. The maximum atomic E-state index is 12.5. The van der Waals surface area contributed by atoms with Crippen molar-refractivity contribution in [1.29, 1.82) is 0 Å². The molecule has 2 heterocycles. The van der Waals surface area contributed by atoms with Crippen molar-refractivity contribution in [1.82, 2.24) is 14.9 Å². The summed E-state index contributed by atoms with van der Waals surface area (Å²) >= 11 is 0. The molecular weight excluding hydrogens is 274 g/mol. The number of hydrogen-bond acceptors (Lipinski definition) is 2. The van der Waals surface area contributed by atoms with Gasteiger partial charge < -0.3 is 9.88 Å². The highest BCUT2D eigenvalue weighted by Gasteiger charge is 2.22. The molecular formula is C18H25N3O. The molecule has 118 valence electrons. The summed E-state index contributed by atoms with van der Waals surface area (Å²) in [5.41, 5.74) is 3.59. The van der Waals surface area contributed by atoms with Gasteiger partial charge in [0.05, 0.1) is 17.8 Å². The molecule has 0 fully saturated rings. The highest BCUT2D eigenvalue weighted by molar-refractivity contribution is 5.96. The molecule has 2 rings (SSSR count). The van der Waals surface area contributed by atoms with Crippen molar-refractivity contribution in [2.75, 3.05) is 0 Å². The summed E-state index contributed by atoms with van der Waals surface area (Å²) < 4.78 is 2.14. The molecule has 0 saturated heterocycles. The van der Waals surface area contributed by atoms with E-state index in [1.165, 1.54) is 0 Å². The van der Waals surface area contributed by atoms with Crippen LogP contribution in [0.3, 0.4) is 0 Å². The molecule has 0 unspecified atom stereocenters. The van der Waals surface area contributed by atoms with Crippen molar-refractivity contribution in [2.45, 2.75) is 53.1 Å². The van der Waals surface area contributed by atoms with Gasteiger partial charge in [0.15, 0.2) is 0 Å². The number of aromatic nitrogens is 2. The Labute approximate surface area is 132 Å². The van der Waals surface area contributed by atoms with Crippen LogP contribution in [-0.4, -0.2) is 21.0 Å². The number of nitrogens with zero attached hydrogens (tertiary/aromatic N) is 2. The van der Waals surface area contributed by atoms with E-state index in [1.807, 2.05) is 52.0 Å². The lowest BCUT2D eigenvalue weighted by atomic mass is 10.0. The number of pyridine rings is 1. The Bertz CT molecular complexity index is 656. The summed E-state index contributed by atoms with van der Waals surface area (Å²) in [4.78, 5) is 16.9. The fourth-order valence-corrected chi connectivity index (χ4v) is 2.39. The molecule has 0 aliphatic rings. The number of aryl methyl sites for hydroxylation is 1. The molecule has 1 N–H and O–H groups in total. The van der Waals surface area contributed by atoms with E-state index in [0.29, 0.717) is 6.54 Å². The second-order valence-electron chi connectivity index (χ2n) is 6.38. The Kier molecular flexibility index (Phi) is 4.69. The van der Waals surface area contributed by atoms with E-state index in [0.717, 1.165) is 29.1 Å². The molecule has 0 aliphatic heterocycles. The average Bonchev–Trinajstić information content (AvgIpc) is 2.76. The normalized spacial score (nSPS) is 11.5. The minimum atomic E-state index is -0.194. The van der Waals surface area contributed by atoms with Gasteiger partial charge in [-0.15, -0.1) is 0 Å². The van der Waals surface area contributed by atoms with E-state index < -0.39 is 0 Å². The third kappa shape index (κ3) is 3.56. The van der Waals surface area contributed by atoms with Gasteiger partial charge in [-0.05, 0) is 52.3 Å². The molecule has 0 bridgehead atoms. The quantitative estimate of drug-likeness (QED) is 0.919. The minimum Gasteiger partial charge on any atom is -0.347 e. The Balaban J connectivity index is 2.25. The predicted molar refractivity (Wildman–Crippen MR) is 89.1 cm³/mol. The molecule has 0 aliphatic carbocycles. The number of amides is 1. The lowest BCUT2D eigenvalue weighted by Gasteiger charge is -2.24. The first-order valence-corrected chi connectivity index (χ1v) is 7.73. The van der Waals surface area contributed by atoms with E-state index in [2.05, 4.69) is 21.8 Å². The molecule has 2 aromatic rings. The topological polar surface area (TPSA) is 46.9 Å². The van der Waals surface area contributed by atoms with Crippen LogP contribution in [0.5, 0.6) is 0 Å². The minimum absolute atomic E-state index is 0.00720. The first-order chi connectivity index (χ1) is 10.3. The second kappa shape index (κ2) is 6.34. The van der Waals surface area contributed by atoms with Gasteiger partial charge >= 0.3 is 0 Å². The molecule has 0 aromatic carbocycles. The summed E-state index contributed by atoms with van der Waals surface area (Å²) in [5.74, 6) is -0.00720. The van der Waals surface area contributed by atoms with Crippen molar-refractivity contribution in [3.05, 3.63) is 53.1 Å². The smallest absolute Gasteiger partial charge is 0.253 e. The molecule has 1 amide bonds. The van der Waals surface area contributed by atoms with Crippen molar-refractivity contribution in [3.8, 4) is 0 Å². The Hall–Kier alpha value is -2.10. The number of carbonyl (C=O) groups excluding carboxylic acids is 1. The summed E-state index contributed by atoms with van der Waals surface area (Å²) in [6.45, 7) is 10.9. The molecule has 0 radical (unpaired) electrons. The molecule has 0 saturated carbocycles. The van der Waals surface area contributed by atoms with Gasteiger partial charge in [0.25, 0.3) is 5.91 Å². The largest absolute Gasteiger partial charge is 0.347 e. The van der Waals surface area contributed by atoms with Crippen LogP contribution in [0.15, 0.2) is 30.5 Å². The van der Waals surface area contributed by atoms with E-state index in [-0.39, 0.29) is 11.4 Å². The lowest BCUT2D eigenvalue weighted by Crippen LogP contribution is -2.42. The van der Waals surface area contributed by atoms with E-state index in [1.54, 1.807) is 6.20 Å². The summed E-state index contributed by atoms with van der Waals surface area (Å²) in [5, 5.41) is 3.10. The van der Waals surface area contributed by atoms with Crippen LogP contribution in [0.1, 0.15) is 54.6 Å². The van der Waals surface area contributed by atoms with Gasteiger partial charge in [-0.25, -0.2) is 0 Å². The van der Waals surface area contributed by atoms with Gasteiger partial charge in [-0.2, -0.15) is 0 Å². The van der Waals surface area contributed by atoms with Gasteiger partial charge in [0.1, 0.15) is 0 Å². The molecule has 4 nitrogen and oxygen atoms in total. The Morgan fingerprint density at radius 3 is 2.64 bits per heavy atom. The zero-order valence-electron chi connectivity index (χ0n) is 14.1. The van der Waals surface area contributed by atoms with Crippen LogP contribution in [-0.2, 0) is 6.54 Å². The van der Waals surface area contributed by atoms with Gasteiger partial charge in [0, 0.05) is 23.1 Å². The first-order valence-electron chi connectivity index (χ1n) is 7.73. The van der Waals surface area contributed by atoms with E-state index in [9.17, 15) is 4.79 Å². The van der Waals surface area contributed by atoms with Crippen molar-refractivity contribution >= 4 is 5.91 Å². The van der Waals surface area contributed by atoms with Crippen molar-refractivity contribution in [2.24, 2.45) is 0 Å². The molecule has 0 spiro atoms. The van der Waals surface area contributed by atoms with Gasteiger partial charge in [0.2, 0.25) is 0 Å². The van der Waals surface area contributed by atoms with Crippen LogP contribution < -0.4 is 5.32 Å². The number of carbonyl (C=O) groups is 1. The standard InChI is InChI=1S/C18H25N3O/c1-6-18(4,5)20-17(22)16-11-13(2)21(14(16)3)12-15-9-7-8-10-19-15/h7-11H,6,12H2,1-5H3,(H,20,22). The SMILES string of the molecule is CCC(C)(C)NC(=O)c1cc(C)n(Cc2ccccn2)c1C. The van der Waals surface area contributed by atoms with Crippen LogP contribution in [0.4, 0.5) is 0 Å². The van der Waals surface area contributed by atoms with Gasteiger partial charge in [-0.1, -0.05) is 13.0 Å². The molecule has 0 atom stereocenters. The second-order valence-corrected chi connectivity index (χ2v) is 6.38. The summed E-state index contributed by atoms with van der Waals surface area (Å²) in [6.07, 6.45) is 2.69. The maximum Gasteiger partial charge on any atom is 0.253 e. The molecule has 22 heavy (non-hydrogen) atoms. The highest BCUT2D eigenvalue weighted by Crippen LogP contribution is 2.18. The highest BCUT2D eigenvalue weighted by atomic mass is 16.1. The molecule has 4 heteroatoms. The summed E-state index contributed by atoms with van der Waals surface area (Å²) in [6, 6.07) is 7.84. The van der Waals surface area contributed by atoms with Crippen LogP contribution in [0.25, 0.3) is 0 Å². The fraction of sp³-hybridized carbons (Fsp3) is 0.444. The Morgan fingerprint density at radius 2 is 2.05 bits per heavy atom. The predicted octanol–water partition coefficient (Wildman–Crippen LogP) is 3.47. The maximum absolute atomic E-state index is 12.5. The lowest BCUT2D eigenvalue weighted by molar-refractivity contribution is 0.0910. The molecule has 2 aromatic heterocycles. The first kappa shape index (κ1) is 16.3. The zero-order chi connectivity index (χ0) is 16.3.